The first-order chi connectivity index (χ1) is 32.9. The van der Waals surface area contributed by atoms with Crippen LogP contribution in [0.5, 0.6) is 0 Å². The molecule has 0 aliphatic rings. The lowest BCUT2D eigenvalue weighted by Crippen LogP contribution is -2.52. The van der Waals surface area contributed by atoms with Crippen LogP contribution in [0, 0.1) is 0 Å². The molecule has 0 aliphatic carbocycles. The van der Waals surface area contributed by atoms with Crippen molar-refractivity contribution in [3.05, 3.63) is 161 Å². The quantitative estimate of drug-likeness (QED) is 0.0244. The van der Waals surface area contributed by atoms with Gasteiger partial charge in [0.05, 0.1) is 23.2 Å². The van der Waals surface area contributed by atoms with Gasteiger partial charge in [0, 0.05) is 66.6 Å². The van der Waals surface area contributed by atoms with Crippen LogP contribution in [0.4, 0.5) is 17.1 Å². The van der Waals surface area contributed by atoms with Crippen LogP contribution in [-0.2, 0) is 12.8 Å². The Hall–Kier alpha value is -5.73. The van der Waals surface area contributed by atoms with Crippen molar-refractivity contribution in [1.82, 2.24) is 14.7 Å². The summed E-state index contributed by atoms with van der Waals surface area (Å²) in [6.45, 7) is 10.3. The summed E-state index contributed by atoms with van der Waals surface area (Å²) in [5.41, 5.74) is 5.59. The minimum absolute atomic E-state index is 0. The second-order valence-corrected chi connectivity index (χ2v) is 18.6. The third-order valence-electron chi connectivity index (χ3n) is 13.0. The molecular formula is C58H84N6O6. The summed E-state index contributed by atoms with van der Waals surface area (Å²) in [6, 6.07) is 42.9. The van der Waals surface area contributed by atoms with Gasteiger partial charge in [-0.15, -0.1) is 0 Å². The van der Waals surface area contributed by atoms with Gasteiger partial charge >= 0.3 is 0 Å². The van der Waals surface area contributed by atoms with E-state index >= 15 is 0 Å². The van der Waals surface area contributed by atoms with E-state index in [1.807, 2.05) is 182 Å². The molecule has 0 aliphatic heterocycles. The number of hydrogen-bond acceptors (Lipinski definition) is 12. The zero-order valence-corrected chi connectivity index (χ0v) is 42.9. The van der Waals surface area contributed by atoms with Gasteiger partial charge in [0.2, 0.25) is 0 Å². The molecule has 0 heterocycles. The molecule has 2 unspecified atom stereocenters. The number of aliphatic hydroxyl groups excluding tert-OH is 3. The first-order valence-electron chi connectivity index (χ1n) is 24.0. The van der Waals surface area contributed by atoms with Crippen LogP contribution in [0.2, 0.25) is 0 Å². The molecule has 5 aromatic rings. The third-order valence-corrected chi connectivity index (χ3v) is 13.0. The summed E-state index contributed by atoms with van der Waals surface area (Å²) < 4.78 is 0. The Morgan fingerprint density at radius 2 is 0.829 bits per heavy atom. The Morgan fingerprint density at radius 1 is 0.457 bits per heavy atom. The Balaban J connectivity index is 0.000000364. The zero-order chi connectivity index (χ0) is 51.0. The van der Waals surface area contributed by atoms with E-state index in [-0.39, 0.29) is 44.6 Å². The fourth-order valence-electron chi connectivity index (χ4n) is 7.59. The van der Waals surface area contributed by atoms with Gasteiger partial charge in [-0.3, -0.25) is 29.1 Å². The van der Waals surface area contributed by atoms with Crippen molar-refractivity contribution >= 4 is 34.4 Å². The molecule has 0 spiro atoms. The molecule has 12 heteroatoms. The van der Waals surface area contributed by atoms with Crippen molar-refractivity contribution in [2.24, 2.45) is 0 Å². The summed E-state index contributed by atoms with van der Waals surface area (Å²) >= 11 is 0. The maximum Gasteiger partial charge on any atom is 0.183 e. The lowest BCUT2D eigenvalue weighted by atomic mass is 9.80. The van der Waals surface area contributed by atoms with Crippen LogP contribution in [0.1, 0.15) is 96.6 Å². The number of Topliss-reactive ketones (excluding diaryl/α,β-unsaturated/α-hetero) is 3. The summed E-state index contributed by atoms with van der Waals surface area (Å²) in [6.07, 6.45) is 3.50. The molecule has 0 fully saturated rings. The molecule has 6 N–H and O–H groups in total. The van der Waals surface area contributed by atoms with Crippen molar-refractivity contribution in [3.8, 4) is 0 Å². The molecule has 12 nitrogen and oxygen atoms in total. The van der Waals surface area contributed by atoms with Crippen molar-refractivity contribution in [3.63, 3.8) is 0 Å². The number of rotatable bonds is 25. The Morgan fingerprint density at radius 3 is 1.17 bits per heavy atom. The van der Waals surface area contributed by atoms with Crippen molar-refractivity contribution in [1.29, 1.82) is 0 Å². The smallest absolute Gasteiger partial charge is 0.183 e. The van der Waals surface area contributed by atoms with E-state index in [2.05, 4.69) is 52.0 Å². The van der Waals surface area contributed by atoms with E-state index in [0.717, 1.165) is 34.6 Å². The van der Waals surface area contributed by atoms with E-state index in [1.54, 1.807) is 0 Å². The number of likely N-dealkylation sites (N-methyl/N-ethyl adjacent to an activating group) is 3. The van der Waals surface area contributed by atoms with Crippen LogP contribution in [0.3, 0.4) is 0 Å². The maximum absolute atomic E-state index is 13.4. The summed E-state index contributed by atoms with van der Waals surface area (Å²) in [5, 5.41) is 35.9. The average molecular weight is 961 g/mol. The van der Waals surface area contributed by atoms with Crippen LogP contribution < -0.4 is 16.0 Å². The lowest BCUT2D eigenvalue weighted by molar-refractivity contribution is 0.0665. The second-order valence-electron chi connectivity index (χ2n) is 18.6. The Bertz CT molecular complexity index is 2250. The van der Waals surface area contributed by atoms with Gasteiger partial charge < -0.3 is 31.3 Å². The number of benzene rings is 5. The number of carbonyl (C=O) groups excluding carboxylic acids is 3. The molecule has 70 heavy (non-hydrogen) atoms. The molecule has 0 saturated heterocycles. The first kappa shape index (κ1) is 60.4. The highest BCUT2D eigenvalue weighted by atomic mass is 16.3. The summed E-state index contributed by atoms with van der Waals surface area (Å²) in [4.78, 5) is 44.9. The van der Waals surface area contributed by atoms with Crippen molar-refractivity contribution < 1.29 is 29.7 Å². The van der Waals surface area contributed by atoms with E-state index in [4.69, 9.17) is 15.3 Å². The molecule has 5 rings (SSSR count). The number of anilines is 3. The number of nitrogens with one attached hydrogen (secondary N) is 3. The molecule has 382 valence electrons. The van der Waals surface area contributed by atoms with Crippen molar-refractivity contribution in [2.45, 2.75) is 83.8 Å². The van der Waals surface area contributed by atoms with Crippen LogP contribution in [0.15, 0.2) is 133 Å². The molecule has 0 radical (unpaired) electrons. The van der Waals surface area contributed by atoms with Gasteiger partial charge in [-0.25, -0.2) is 0 Å². The summed E-state index contributed by atoms with van der Waals surface area (Å²) in [5.74, 6) is 0.361. The number of carbonyl (C=O) groups is 3. The largest absolute Gasteiger partial charge is 0.396 e. The molecule has 0 amide bonds. The van der Waals surface area contributed by atoms with Gasteiger partial charge in [0.1, 0.15) is 0 Å². The fourth-order valence-corrected chi connectivity index (χ4v) is 7.59. The standard InChI is InChI=1S/C22H30N2O2.C21H28N2O2.C14H22N2O2.CH4/c1-4-22(24(2)3,17-18-9-6-5-7-10-18)21(26)19-11-13-20(14-12-19)23-15-8-16-25;1-21(23(2)3,16-17-8-5-4-6-9-17)20(25)18-10-12-19(13-11-18)22-14-7-15-24;1-14(2,16(3)4)13(18)11-5-7-12(8-6-11)15-9-10-17;/h5-7,9-14,23,25H,4,8,15-17H2,1-3H3;4-6,8-13,22,24H,7,14-16H2,1-3H3;5-8,15,17H,9-10H2,1-4H3;1H4. The first-order valence-corrected chi connectivity index (χ1v) is 24.0. The number of nitrogens with zero attached hydrogens (tertiary/aromatic N) is 3. The van der Waals surface area contributed by atoms with Crippen LogP contribution in [0.25, 0.3) is 0 Å². The van der Waals surface area contributed by atoms with E-state index < -0.39 is 16.6 Å². The van der Waals surface area contributed by atoms with Crippen molar-refractivity contribution in [2.75, 3.05) is 97.7 Å². The minimum Gasteiger partial charge on any atom is -0.396 e. The van der Waals surface area contributed by atoms with Gasteiger partial charge in [-0.1, -0.05) is 75.0 Å². The number of ketones is 3. The third kappa shape index (κ3) is 17.6. The molecule has 0 aromatic heterocycles. The zero-order valence-electron chi connectivity index (χ0n) is 42.9. The maximum atomic E-state index is 13.4. The highest BCUT2D eigenvalue weighted by Gasteiger charge is 2.40. The van der Waals surface area contributed by atoms with Gasteiger partial charge in [0.15, 0.2) is 17.3 Å². The monoisotopic (exact) mass is 961 g/mol. The van der Waals surface area contributed by atoms with E-state index in [0.29, 0.717) is 56.4 Å². The molecule has 2 atom stereocenters. The predicted molar refractivity (Wildman–Crippen MR) is 292 cm³/mol. The van der Waals surface area contributed by atoms with E-state index in [1.165, 1.54) is 5.56 Å². The number of hydrogen-bond donors (Lipinski definition) is 6. The topological polar surface area (TPSA) is 158 Å². The van der Waals surface area contributed by atoms with Gasteiger partial charge in [0.25, 0.3) is 0 Å². The second kappa shape index (κ2) is 30.1. The molecule has 0 bridgehead atoms. The lowest BCUT2D eigenvalue weighted by Gasteiger charge is -2.38. The summed E-state index contributed by atoms with van der Waals surface area (Å²) in [7, 11) is 11.7. The highest BCUT2D eigenvalue weighted by Crippen LogP contribution is 2.29. The SMILES string of the molecule is C.CCC(Cc1ccccc1)(C(=O)c1ccc(NCCCO)cc1)N(C)C.CN(C)C(C)(C)C(=O)c1ccc(NCCO)cc1.CN(C)C(C)(Cc1ccccc1)C(=O)c1ccc(NCCCO)cc1. The van der Waals surface area contributed by atoms with Gasteiger partial charge in [-0.05, 0) is 179 Å². The molecular weight excluding hydrogens is 877 g/mol. The normalized spacial score (nSPS) is 12.8. The highest BCUT2D eigenvalue weighted by molar-refractivity contribution is 6.04. The number of aliphatic hydroxyl groups is 3. The Labute approximate surface area is 420 Å². The fraction of sp³-hybridized carbons (Fsp3) is 0.431. The van der Waals surface area contributed by atoms with Crippen LogP contribution in [-0.4, -0.2) is 146 Å². The van der Waals surface area contributed by atoms with Crippen LogP contribution >= 0.6 is 0 Å². The van der Waals surface area contributed by atoms with Gasteiger partial charge in [-0.2, -0.15) is 0 Å². The molecule has 0 saturated carbocycles. The minimum atomic E-state index is -0.604. The average Bonchev–Trinajstić information content (AvgIpc) is 3.36. The Kier molecular flexibility index (Phi) is 26.0. The van der Waals surface area contributed by atoms with E-state index in [9.17, 15) is 14.4 Å². The molecule has 5 aromatic carbocycles. The predicted octanol–water partition coefficient (Wildman–Crippen LogP) is 9.09.